The molecule has 0 aliphatic carbocycles. The van der Waals surface area contributed by atoms with Gasteiger partial charge in [0.1, 0.15) is 11.6 Å². The number of amidine groups is 1. The van der Waals surface area contributed by atoms with E-state index >= 15 is 0 Å². The largest absolute Gasteiger partial charge is 0.464 e. The Morgan fingerprint density at radius 3 is 1.90 bits per heavy atom. The van der Waals surface area contributed by atoms with Gasteiger partial charge >= 0.3 is 17.9 Å². The Morgan fingerprint density at radius 2 is 1.43 bits per heavy atom. The highest BCUT2D eigenvalue weighted by Gasteiger charge is 2.38. The van der Waals surface area contributed by atoms with Crippen molar-refractivity contribution in [2.24, 2.45) is 11.7 Å². The smallest absolute Gasteiger partial charge is 0.343 e. The van der Waals surface area contributed by atoms with Crippen LogP contribution in [0.15, 0.2) is 54.1 Å². The summed E-state index contributed by atoms with van der Waals surface area (Å²) in [5, 5.41) is 7.43. The van der Waals surface area contributed by atoms with Crippen LogP contribution in [0.25, 0.3) is 6.08 Å². The van der Waals surface area contributed by atoms with E-state index in [1.54, 1.807) is 75.4 Å². The molecule has 0 heterocycles. The first-order valence-electron chi connectivity index (χ1n) is 13.1. The van der Waals surface area contributed by atoms with Crippen LogP contribution in [0.1, 0.15) is 62.5 Å². The molecule has 0 saturated carbocycles. The molecular weight excluding hydrogens is 514 g/mol. The Balaban J connectivity index is 2.25. The minimum Gasteiger partial charge on any atom is -0.464 e. The third kappa shape index (κ3) is 9.07. The molecule has 0 aliphatic rings. The quantitative estimate of drug-likeness (QED) is 0.0949. The number of amides is 1. The number of benzene rings is 2. The minimum absolute atomic E-state index is 0.0499. The monoisotopic (exact) mass is 551 g/mol. The molecule has 40 heavy (non-hydrogen) atoms. The molecule has 10 heteroatoms. The fourth-order valence-corrected chi connectivity index (χ4v) is 3.66. The van der Waals surface area contributed by atoms with E-state index in [1.165, 1.54) is 4.90 Å². The predicted octanol–water partition coefficient (Wildman–Crippen LogP) is 3.96. The van der Waals surface area contributed by atoms with E-state index < -0.39 is 29.9 Å². The van der Waals surface area contributed by atoms with Crippen LogP contribution in [0.3, 0.4) is 0 Å². The molecule has 2 aromatic rings. The molecule has 0 bridgehead atoms. The zero-order valence-corrected chi connectivity index (χ0v) is 23.6. The number of ether oxygens (including phenoxy) is 3. The van der Waals surface area contributed by atoms with E-state index in [0.29, 0.717) is 28.9 Å². The number of nitrogens with one attached hydrogen (secondary N) is 1. The summed E-state index contributed by atoms with van der Waals surface area (Å²) in [7, 11) is 0. The molecular formula is C30H37N3O7. The highest BCUT2D eigenvalue weighted by molar-refractivity contribution is 6.06. The van der Waals surface area contributed by atoms with Gasteiger partial charge in [-0.1, -0.05) is 26.0 Å². The number of nitrogens with two attached hydrogens (primary N) is 1. The van der Waals surface area contributed by atoms with Crippen LogP contribution in [-0.4, -0.2) is 60.4 Å². The van der Waals surface area contributed by atoms with Crippen molar-refractivity contribution in [3.8, 4) is 5.75 Å². The van der Waals surface area contributed by atoms with Crippen LogP contribution in [0.2, 0.25) is 0 Å². The third-order valence-electron chi connectivity index (χ3n) is 5.78. The van der Waals surface area contributed by atoms with Gasteiger partial charge < -0.3 is 24.8 Å². The van der Waals surface area contributed by atoms with E-state index in [-0.39, 0.29) is 37.1 Å². The second-order valence-electron chi connectivity index (χ2n) is 9.36. The normalized spacial score (nSPS) is 11.2. The molecule has 0 unspecified atom stereocenters. The van der Waals surface area contributed by atoms with Gasteiger partial charge in [-0.2, -0.15) is 0 Å². The number of esters is 3. The van der Waals surface area contributed by atoms with Crippen molar-refractivity contribution in [2.45, 2.75) is 47.1 Å². The van der Waals surface area contributed by atoms with Crippen LogP contribution >= 0.6 is 0 Å². The average Bonchev–Trinajstić information content (AvgIpc) is 2.91. The molecule has 0 atom stereocenters. The summed E-state index contributed by atoms with van der Waals surface area (Å²) in [6.07, 6.45) is 2.16. The summed E-state index contributed by atoms with van der Waals surface area (Å²) in [6, 6.07) is 11.2. The van der Waals surface area contributed by atoms with Crippen LogP contribution < -0.4 is 10.5 Å². The number of hydrogen-bond acceptors (Lipinski definition) is 8. The highest BCUT2D eigenvalue weighted by Crippen LogP contribution is 2.18. The maximum Gasteiger partial charge on any atom is 0.343 e. The van der Waals surface area contributed by atoms with Crippen molar-refractivity contribution >= 4 is 35.7 Å². The van der Waals surface area contributed by atoms with E-state index in [2.05, 4.69) is 0 Å². The lowest BCUT2D eigenvalue weighted by Gasteiger charge is -2.29. The highest BCUT2D eigenvalue weighted by atomic mass is 16.6. The summed E-state index contributed by atoms with van der Waals surface area (Å²) in [5.74, 6) is -2.34. The van der Waals surface area contributed by atoms with Gasteiger partial charge in [-0.05, 0) is 81.1 Å². The first-order chi connectivity index (χ1) is 19.0. The van der Waals surface area contributed by atoms with Crippen LogP contribution in [0.5, 0.6) is 5.75 Å². The maximum absolute atomic E-state index is 13.5. The average molecular weight is 552 g/mol. The van der Waals surface area contributed by atoms with Gasteiger partial charge in [0, 0.05) is 17.7 Å². The molecule has 0 aliphatic heterocycles. The lowest BCUT2D eigenvalue weighted by molar-refractivity contribution is -0.167. The molecule has 0 spiro atoms. The van der Waals surface area contributed by atoms with Gasteiger partial charge in [0.15, 0.2) is 0 Å². The van der Waals surface area contributed by atoms with Crippen molar-refractivity contribution < 1.29 is 33.4 Å². The summed E-state index contributed by atoms with van der Waals surface area (Å²) in [6.45, 7) is 9.03. The second-order valence-corrected chi connectivity index (χ2v) is 9.36. The van der Waals surface area contributed by atoms with Gasteiger partial charge in [0.2, 0.25) is 6.04 Å². The SMILES string of the molecule is CCOC(=O)C(C(=O)OCC)N(CCC(C)C)C(=O)C(C)=Cc1ccc(C(=O)Oc2ccc(C(=N)N)cc2)cc1. The molecule has 214 valence electrons. The maximum atomic E-state index is 13.5. The van der Waals surface area contributed by atoms with Crippen LogP contribution in [0, 0.1) is 11.3 Å². The second kappa shape index (κ2) is 15.2. The number of rotatable bonds is 13. The van der Waals surface area contributed by atoms with Crippen molar-refractivity contribution in [3.63, 3.8) is 0 Å². The molecule has 0 fully saturated rings. The summed E-state index contributed by atoms with van der Waals surface area (Å²) >= 11 is 0. The van der Waals surface area contributed by atoms with E-state index in [4.69, 9.17) is 25.4 Å². The van der Waals surface area contributed by atoms with Crippen molar-refractivity contribution in [1.82, 2.24) is 4.90 Å². The fraction of sp³-hybridized carbons (Fsp3) is 0.367. The molecule has 2 aromatic carbocycles. The van der Waals surface area contributed by atoms with E-state index in [9.17, 15) is 19.2 Å². The molecule has 3 N–H and O–H groups in total. The molecule has 2 rings (SSSR count). The Hall–Kier alpha value is -4.47. The topological polar surface area (TPSA) is 149 Å². The fourth-order valence-electron chi connectivity index (χ4n) is 3.66. The Morgan fingerprint density at radius 1 is 0.900 bits per heavy atom. The number of carbonyl (C=O) groups excluding carboxylic acids is 4. The molecule has 10 nitrogen and oxygen atoms in total. The van der Waals surface area contributed by atoms with Crippen LogP contribution in [0.4, 0.5) is 0 Å². The van der Waals surface area contributed by atoms with Crippen LogP contribution in [-0.2, 0) is 23.9 Å². The van der Waals surface area contributed by atoms with Gasteiger partial charge in [0.05, 0.1) is 18.8 Å². The summed E-state index contributed by atoms with van der Waals surface area (Å²) in [5.41, 5.74) is 7.15. The predicted molar refractivity (Wildman–Crippen MR) is 151 cm³/mol. The zero-order valence-electron chi connectivity index (χ0n) is 23.6. The number of hydrogen-bond donors (Lipinski definition) is 2. The zero-order chi connectivity index (χ0) is 29.8. The first kappa shape index (κ1) is 31.7. The third-order valence-corrected chi connectivity index (χ3v) is 5.78. The van der Waals surface area contributed by atoms with Crippen molar-refractivity contribution in [3.05, 3.63) is 70.8 Å². The first-order valence-corrected chi connectivity index (χ1v) is 13.1. The summed E-state index contributed by atoms with van der Waals surface area (Å²) < 4.78 is 15.5. The Kier molecular flexibility index (Phi) is 12.1. The number of nitrogens with zero attached hydrogens (tertiary/aromatic N) is 1. The minimum atomic E-state index is -1.52. The summed E-state index contributed by atoms with van der Waals surface area (Å²) in [4.78, 5) is 52.7. The van der Waals surface area contributed by atoms with Crippen molar-refractivity contribution in [1.29, 1.82) is 5.41 Å². The lowest BCUT2D eigenvalue weighted by Crippen LogP contribution is -2.52. The lowest BCUT2D eigenvalue weighted by atomic mass is 10.1. The Labute approximate surface area is 234 Å². The molecule has 0 aromatic heterocycles. The standard InChI is InChI=1S/C30H37N3O7/c1-6-38-29(36)25(30(37)39-7-2)33(17-16-19(3)4)27(34)20(5)18-21-8-10-23(11-9-21)28(35)40-24-14-12-22(13-15-24)26(31)32/h8-15,18-19,25H,6-7,16-17H2,1-5H3,(H3,31,32). The van der Waals surface area contributed by atoms with Gasteiger partial charge in [-0.25, -0.2) is 14.4 Å². The molecule has 1 amide bonds. The van der Waals surface area contributed by atoms with Gasteiger partial charge in [-0.3, -0.25) is 10.2 Å². The number of carbonyl (C=O) groups is 4. The van der Waals surface area contributed by atoms with Crippen molar-refractivity contribution in [2.75, 3.05) is 19.8 Å². The Bertz CT molecular complexity index is 1220. The van der Waals surface area contributed by atoms with E-state index in [0.717, 1.165) is 0 Å². The number of nitrogen functional groups attached to an aromatic ring is 1. The molecule has 0 saturated heterocycles. The van der Waals surface area contributed by atoms with Gasteiger partial charge in [-0.15, -0.1) is 0 Å². The van der Waals surface area contributed by atoms with E-state index in [1.807, 2.05) is 13.8 Å². The molecule has 0 radical (unpaired) electrons. The van der Waals surface area contributed by atoms with Gasteiger partial charge in [0.25, 0.3) is 5.91 Å².